The molecule has 0 radical (unpaired) electrons. The minimum Gasteiger partial charge on any atom is -0.357 e. The van der Waals surface area contributed by atoms with Crippen molar-refractivity contribution in [2.75, 3.05) is 13.6 Å². The topological polar surface area (TPSA) is 35.9 Å². The SMILES string of the molecule is CN(Cc1ccccc1)C1=NN(C(=O)c2cccc(F)c2)CC1. The minimum absolute atomic E-state index is 0.271. The number of rotatable bonds is 3. The van der Waals surface area contributed by atoms with Crippen molar-refractivity contribution in [2.24, 2.45) is 5.10 Å². The molecule has 0 aromatic heterocycles. The van der Waals surface area contributed by atoms with Gasteiger partial charge in [-0.3, -0.25) is 4.79 Å². The molecule has 0 aliphatic carbocycles. The van der Waals surface area contributed by atoms with Crippen LogP contribution in [0.1, 0.15) is 22.3 Å². The standard InChI is InChI=1S/C18H18FN3O/c1-21(13-14-6-3-2-4-7-14)17-10-11-22(20-17)18(23)15-8-5-9-16(19)12-15/h2-9,12H,10-11,13H2,1H3. The van der Waals surface area contributed by atoms with Crippen LogP contribution in [0.4, 0.5) is 4.39 Å². The maximum atomic E-state index is 13.2. The Bertz CT molecular complexity index is 730. The van der Waals surface area contributed by atoms with Gasteiger partial charge in [0.15, 0.2) is 0 Å². The van der Waals surface area contributed by atoms with Crippen molar-refractivity contribution >= 4 is 11.7 Å². The van der Waals surface area contributed by atoms with E-state index < -0.39 is 5.82 Å². The summed E-state index contributed by atoms with van der Waals surface area (Å²) in [6, 6.07) is 15.8. The fourth-order valence-corrected chi connectivity index (χ4v) is 2.58. The Kier molecular flexibility index (Phi) is 4.37. The number of amides is 1. The molecular formula is C18H18FN3O. The number of hydrogen-bond acceptors (Lipinski definition) is 3. The summed E-state index contributed by atoms with van der Waals surface area (Å²) in [6.07, 6.45) is 0.699. The molecule has 0 saturated carbocycles. The van der Waals surface area contributed by atoms with Crippen molar-refractivity contribution in [1.29, 1.82) is 0 Å². The van der Waals surface area contributed by atoms with Crippen molar-refractivity contribution in [2.45, 2.75) is 13.0 Å². The third-order valence-corrected chi connectivity index (χ3v) is 3.79. The molecule has 23 heavy (non-hydrogen) atoms. The van der Waals surface area contributed by atoms with Crippen LogP contribution in [-0.4, -0.2) is 35.2 Å². The molecule has 0 N–H and O–H groups in total. The molecule has 0 unspecified atom stereocenters. The Labute approximate surface area is 134 Å². The van der Waals surface area contributed by atoms with Gasteiger partial charge < -0.3 is 4.90 Å². The Hall–Kier alpha value is -2.69. The minimum atomic E-state index is -0.416. The van der Waals surface area contributed by atoms with Crippen LogP contribution in [0.15, 0.2) is 59.7 Å². The molecule has 3 rings (SSSR count). The second kappa shape index (κ2) is 6.60. The van der Waals surface area contributed by atoms with Crippen LogP contribution >= 0.6 is 0 Å². The molecule has 1 heterocycles. The largest absolute Gasteiger partial charge is 0.357 e. The highest BCUT2D eigenvalue weighted by atomic mass is 19.1. The summed E-state index contributed by atoms with van der Waals surface area (Å²) in [5, 5.41) is 5.80. The van der Waals surface area contributed by atoms with Crippen LogP contribution in [0.5, 0.6) is 0 Å². The molecular weight excluding hydrogens is 293 g/mol. The average Bonchev–Trinajstić information content (AvgIpc) is 3.05. The van der Waals surface area contributed by atoms with Gasteiger partial charge in [0, 0.05) is 25.6 Å². The molecule has 1 aliphatic heterocycles. The normalized spacial score (nSPS) is 13.8. The van der Waals surface area contributed by atoms with Crippen molar-refractivity contribution in [1.82, 2.24) is 9.91 Å². The van der Waals surface area contributed by atoms with Gasteiger partial charge in [-0.1, -0.05) is 36.4 Å². The molecule has 1 amide bonds. The number of nitrogens with zero attached hydrogens (tertiary/aromatic N) is 3. The molecule has 0 saturated heterocycles. The van der Waals surface area contributed by atoms with Crippen LogP contribution in [0, 0.1) is 5.82 Å². The fraction of sp³-hybridized carbons (Fsp3) is 0.222. The number of amidine groups is 1. The van der Waals surface area contributed by atoms with Crippen molar-refractivity contribution < 1.29 is 9.18 Å². The molecule has 1 aliphatic rings. The first kappa shape index (κ1) is 15.2. The van der Waals surface area contributed by atoms with E-state index in [1.807, 2.05) is 30.1 Å². The van der Waals surface area contributed by atoms with E-state index in [9.17, 15) is 9.18 Å². The highest BCUT2D eigenvalue weighted by Gasteiger charge is 2.24. The summed E-state index contributed by atoms with van der Waals surface area (Å²) in [6.45, 7) is 1.26. The monoisotopic (exact) mass is 311 g/mol. The van der Waals surface area contributed by atoms with E-state index in [2.05, 4.69) is 17.2 Å². The Morgan fingerprint density at radius 3 is 2.74 bits per heavy atom. The van der Waals surface area contributed by atoms with Gasteiger partial charge in [-0.25, -0.2) is 9.40 Å². The van der Waals surface area contributed by atoms with E-state index in [1.165, 1.54) is 28.8 Å². The van der Waals surface area contributed by atoms with Crippen LogP contribution in [0.2, 0.25) is 0 Å². The second-order valence-electron chi connectivity index (χ2n) is 5.55. The molecule has 0 bridgehead atoms. The fourth-order valence-electron chi connectivity index (χ4n) is 2.58. The van der Waals surface area contributed by atoms with Gasteiger partial charge >= 0.3 is 0 Å². The van der Waals surface area contributed by atoms with Crippen LogP contribution in [0.25, 0.3) is 0 Å². The van der Waals surface area contributed by atoms with Crippen molar-refractivity contribution in [3.05, 3.63) is 71.5 Å². The zero-order valence-corrected chi connectivity index (χ0v) is 12.9. The number of carbonyl (C=O) groups is 1. The lowest BCUT2D eigenvalue weighted by molar-refractivity contribution is 0.0777. The summed E-state index contributed by atoms with van der Waals surface area (Å²) < 4.78 is 13.2. The molecule has 0 atom stereocenters. The molecule has 4 nitrogen and oxygen atoms in total. The highest BCUT2D eigenvalue weighted by molar-refractivity contribution is 5.96. The molecule has 2 aromatic rings. The van der Waals surface area contributed by atoms with E-state index in [0.29, 0.717) is 18.5 Å². The van der Waals surface area contributed by atoms with Gasteiger partial charge in [0.25, 0.3) is 5.91 Å². The number of benzene rings is 2. The number of hydrogen-bond donors (Lipinski definition) is 0. The smallest absolute Gasteiger partial charge is 0.274 e. The lowest BCUT2D eigenvalue weighted by Crippen LogP contribution is -2.25. The van der Waals surface area contributed by atoms with Gasteiger partial charge in [-0.2, -0.15) is 5.10 Å². The maximum Gasteiger partial charge on any atom is 0.274 e. The van der Waals surface area contributed by atoms with E-state index in [-0.39, 0.29) is 5.91 Å². The maximum absolute atomic E-state index is 13.2. The van der Waals surface area contributed by atoms with E-state index >= 15 is 0 Å². The Balaban J connectivity index is 1.69. The predicted molar refractivity (Wildman–Crippen MR) is 87.4 cm³/mol. The first-order valence-corrected chi connectivity index (χ1v) is 7.53. The molecule has 5 heteroatoms. The van der Waals surface area contributed by atoms with Gasteiger partial charge in [0.05, 0.1) is 6.54 Å². The summed E-state index contributed by atoms with van der Waals surface area (Å²) in [4.78, 5) is 14.4. The van der Waals surface area contributed by atoms with Crippen LogP contribution < -0.4 is 0 Å². The van der Waals surface area contributed by atoms with Gasteiger partial charge in [0.2, 0.25) is 0 Å². The van der Waals surface area contributed by atoms with Crippen molar-refractivity contribution in [3.63, 3.8) is 0 Å². The first-order valence-electron chi connectivity index (χ1n) is 7.53. The first-order chi connectivity index (χ1) is 11.1. The van der Waals surface area contributed by atoms with Crippen LogP contribution in [-0.2, 0) is 6.54 Å². The van der Waals surface area contributed by atoms with E-state index in [0.717, 1.165) is 12.4 Å². The molecule has 2 aromatic carbocycles. The van der Waals surface area contributed by atoms with E-state index in [1.54, 1.807) is 6.07 Å². The number of halogens is 1. The Morgan fingerprint density at radius 2 is 2.00 bits per heavy atom. The summed E-state index contributed by atoms with van der Waals surface area (Å²) in [5.74, 6) is 0.173. The predicted octanol–water partition coefficient (Wildman–Crippen LogP) is 3.12. The lowest BCUT2D eigenvalue weighted by Gasteiger charge is -2.18. The molecule has 0 fully saturated rings. The zero-order valence-electron chi connectivity index (χ0n) is 12.9. The Morgan fingerprint density at radius 1 is 1.22 bits per heavy atom. The average molecular weight is 311 g/mol. The summed E-state index contributed by atoms with van der Waals surface area (Å²) in [7, 11) is 1.96. The third kappa shape index (κ3) is 3.56. The molecule has 0 spiro atoms. The van der Waals surface area contributed by atoms with Gasteiger partial charge in [-0.05, 0) is 23.8 Å². The van der Waals surface area contributed by atoms with E-state index in [4.69, 9.17) is 0 Å². The molecule has 118 valence electrons. The lowest BCUT2D eigenvalue weighted by atomic mass is 10.2. The third-order valence-electron chi connectivity index (χ3n) is 3.79. The van der Waals surface area contributed by atoms with Crippen molar-refractivity contribution in [3.8, 4) is 0 Å². The summed E-state index contributed by atoms with van der Waals surface area (Å²) in [5.41, 5.74) is 1.51. The highest BCUT2D eigenvalue weighted by Crippen LogP contribution is 2.15. The second-order valence-corrected chi connectivity index (χ2v) is 5.55. The van der Waals surface area contributed by atoms with Gasteiger partial charge in [0.1, 0.15) is 11.7 Å². The zero-order chi connectivity index (χ0) is 16.2. The quantitative estimate of drug-likeness (QED) is 0.873. The van der Waals surface area contributed by atoms with Gasteiger partial charge in [-0.15, -0.1) is 0 Å². The summed E-state index contributed by atoms with van der Waals surface area (Å²) >= 11 is 0. The number of carbonyl (C=O) groups excluding carboxylic acids is 1. The number of hydrazone groups is 1. The van der Waals surface area contributed by atoms with Crippen LogP contribution in [0.3, 0.4) is 0 Å².